The van der Waals surface area contributed by atoms with Crippen molar-refractivity contribution in [2.24, 2.45) is 4.74 Å². The summed E-state index contributed by atoms with van der Waals surface area (Å²) in [5.74, 6) is 0.996. The molecule has 0 saturated heterocycles. The normalized spacial score (nSPS) is 16.6. The van der Waals surface area contributed by atoms with Crippen molar-refractivity contribution >= 4 is 12.7 Å². The molecule has 0 aromatic heterocycles. The van der Waals surface area contributed by atoms with Gasteiger partial charge in [-0.15, -0.1) is 0 Å². The van der Waals surface area contributed by atoms with Crippen molar-refractivity contribution in [1.29, 1.82) is 0 Å². The minimum Gasteiger partial charge on any atom is -0.267 e. The fourth-order valence-electron chi connectivity index (χ4n) is 4.22. The zero-order valence-electron chi connectivity index (χ0n) is 17.9. The fourth-order valence-corrected chi connectivity index (χ4v) is 7.36. The highest BCUT2D eigenvalue weighted by Gasteiger charge is 2.32. The van der Waals surface area contributed by atoms with E-state index in [4.69, 9.17) is 4.74 Å². The molecule has 0 heterocycles. The Labute approximate surface area is 155 Å². The third-order valence-corrected chi connectivity index (χ3v) is 8.65. The third kappa shape index (κ3) is 3.72. The summed E-state index contributed by atoms with van der Waals surface area (Å²) in [6, 6.07) is 6.74. The van der Waals surface area contributed by atoms with Crippen molar-refractivity contribution in [3.63, 3.8) is 0 Å². The average molecular weight is 358 g/mol. The maximum Gasteiger partial charge on any atom is 0.0682 e. The molecule has 1 aromatic rings. The monoisotopic (exact) mass is 357 g/mol. The average Bonchev–Trinajstić information content (AvgIpc) is 2.70. The first kappa shape index (κ1) is 20.2. The van der Waals surface area contributed by atoms with Gasteiger partial charge in [0.1, 0.15) is 0 Å². The molecule has 1 aromatic carbocycles. The van der Waals surface area contributed by atoms with Crippen LogP contribution >= 0.6 is 7.05 Å². The molecule has 0 spiro atoms. The van der Waals surface area contributed by atoms with Gasteiger partial charge in [-0.1, -0.05) is 57.0 Å². The zero-order chi connectivity index (χ0) is 19.1. The van der Waals surface area contributed by atoms with Gasteiger partial charge >= 0.3 is 0 Å². The summed E-state index contributed by atoms with van der Waals surface area (Å²) in [5, 5.41) is 0. The summed E-state index contributed by atoms with van der Waals surface area (Å²) in [6.45, 7) is 23.1. The van der Waals surface area contributed by atoms with Crippen LogP contribution in [0, 0.1) is 0 Å². The van der Waals surface area contributed by atoms with Gasteiger partial charge < -0.3 is 0 Å². The Hall–Kier alpha value is -1.07. The van der Waals surface area contributed by atoms with Crippen LogP contribution in [0.15, 0.2) is 45.2 Å². The molecule has 138 valence electrons. The van der Waals surface area contributed by atoms with Crippen LogP contribution in [-0.2, 0) is 0 Å². The summed E-state index contributed by atoms with van der Waals surface area (Å²) in [7, 11) is -1.52. The van der Waals surface area contributed by atoms with Crippen LogP contribution in [-0.4, -0.2) is 19.0 Å². The van der Waals surface area contributed by atoms with E-state index in [-0.39, 0.29) is 0 Å². The van der Waals surface area contributed by atoms with Gasteiger partial charge in [-0.25, -0.2) is 0 Å². The smallest absolute Gasteiger partial charge is 0.0682 e. The molecule has 0 radical (unpaired) electrons. The first-order valence-corrected chi connectivity index (χ1v) is 12.2. The molecule has 0 bridgehead atoms. The van der Waals surface area contributed by atoms with Crippen LogP contribution in [0.25, 0.3) is 0 Å². The lowest BCUT2D eigenvalue weighted by Crippen LogP contribution is -2.09. The van der Waals surface area contributed by atoms with Crippen LogP contribution in [0.1, 0.15) is 78.4 Å². The van der Waals surface area contributed by atoms with E-state index in [9.17, 15) is 0 Å². The highest BCUT2D eigenvalue weighted by Crippen LogP contribution is 2.59. The molecule has 1 aliphatic carbocycles. The number of rotatable bonds is 4. The van der Waals surface area contributed by atoms with Gasteiger partial charge in [-0.3, -0.25) is 4.74 Å². The molecule has 0 amide bonds. The highest BCUT2D eigenvalue weighted by molar-refractivity contribution is 7.66. The Morgan fingerprint density at radius 1 is 0.800 bits per heavy atom. The van der Waals surface area contributed by atoms with E-state index in [0.29, 0.717) is 17.5 Å². The van der Waals surface area contributed by atoms with E-state index in [1.165, 1.54) is 39.1 Å². The molecule has 1 nitrogen and oxygen atoms in total. The van der Waals surface area contributed by atoms with Crippen LogP contribution in [0.5, 0.6) is 0 Å². The largest absolute Gasteiger partial charge is 0.267 e. The lowest BCUT2D eigenvalue weighted by Gasteiger charge is -2.28. The Morgan fingerprint density at radius 2 is 1.20 bits per heavy atom. The topological polar surface area (TPSA) is 12.4 Å². The SMILES string of the molecule is CC1=C(C)C(P(C)(C)=Nc2c(C(C)C)cccc2C(C)C)C(C)=C1C. The van der Waals surface area contributed by atoms with Gasteiger partial charge in [0.25, 0.3) is 0 Å². The second kappa shape index (κ2) is 7.28. The second-order valence-electron chi connectivity index (χ2n) is 8.69. The third-order valence-electron chi connectivity index (χ3n) is 5.90. The Morgan fingerprint density at radius 3 is 1.56 bits per heavy atom. The maximum absolute atomic E-state index is 5.53. The van der Waals surface area contributed by atoms with E-state index in [0.717, 1.165) is 0 Å². The van der Waals surface area contributed by atoms with Crippen molar-refractivity contribution in [2.75, 3.05) is 13.3 Å². The quantitative estimate of drug-likeness (QED) is 0.483. The molecule has 0 aliphatic heterocycles. The van der Waals surface area contributed by atoms with Crippen molar-refractivity contribution in [3.05, 3.63) is 51.6 Å². The number of allylic oxidation sites excluding steroid dienone is 4. The molecule has 2 rings (SSSR count). The molecule has 0 fully saturated rings. The molecule has 2 heteroatoms. The van der Waals surface area contributed by atoms with Crippen molar-refractivity contribution < 1.29 is 0 Å². The van der Waals surface area contributed by atoms with Crippen molar-refractivity contribution in [2.45, 2.75) is 72.9 Å². The van der Waals surface area contributed by atoms with Crippen LogP contribution in [0.4, 0.5) is 5.69 Å². The number of hydrogen-bond donors (Lipinski definition) is 0. The Balaban J connectivity index is 2.72. The predicted molar refractivity (Wildman–Crippen MR) is 116 cm³/mol. The lowest BCUT2D eigenvalue weighted by molar-refractivity contribution is 0.835. The molecule has 0 atom stereocenters. The first-order chi connectivity index (χ1) is 11.5. The maximum atomic E-state index is 5.53. The molecular weight excluding hydrogens is 321 g/mol. The molecular formula is C23H36NP. The van der Waals surface area contributed by atoms with E-state index in [2.05, 4.69) is 86.9 Å². The lowest BCUT2D eigenvalue weighted by atomic mass is 9.93. The fraction of sp³-hybridized carbons (Fsp3) is 0.565. The predicted octanol–water partition coefficient (Wildman–Crippen LogP) is 8.08. The summed E-state index contributed by atoms with van der Waals surface area (Å²) in [4.78, 5) is 0. The summed E-state index contributed by atoms with van der Waals surface area (Å²) in [5.41, 5.74) is 10.6. The summed E-state index contributed by atoms with van der Waals surface area (Å²) in [6.07, 6.45) is 0. The number of benzene rings is 1. The van der Waals surface area contributed by atoms with Crippen LogP contribution in [0.2, 0.25) is 0 Å². The van der Waals surface area contributed by atoms with Gasteiger partial charge in [0, 0.05) is 5.66 Å². The van der Waals surface area contributed by atoms with E-state index >= 15 is 0 Å². The van der Waals surface area contributed by atoms with E-state index in [1.54, 1.807) is 0 Å². The molecule has 25 heavy (non-hydrogen) atoms. The van der Waals surface area contributed by atoms with Gasteiger partial charge in [0.15, 0.2) is 0 Å². The van der Waals surface area contributed by atoms with Gasteiger partial charge in [0.05, 0.1) is 5.69 Å². The minimum atomic E-state index is -1.52. The number of nitrogens with zero attached hydrogens (tertiary/aromatic N) is 1. The Kier molecular flexibility index (Phi) is 5.89. The van der Waals surface area contributed by atoms with Gasteiger partial charge in [0.2, 0.25) is 0 Å². The molecule has 0 saturated carbocycles. The number of hydrogen-bond acceptors (Lipinski definition) is 1. The zero-order valence-corrected chi connectivity index (χ0v) is 18.8. The summed E-state index contributed by atoms with van der Waals surface area (Å²) < 4.78 is 5.53. The van der Waals surface area contributed by atoms with Crippen molar-refractivity contribution in [3.8, 4) is 0 Å². The van der Waals surface area contributed by atoms with Gasteiger partial charge in [-0.05, 0) is 82.2 Å². The van der Waals surface area contributed by atoms with Crippen molar-refractivity contribution in [1.82, 2.24) is 0 Å². The van der Waals surface area contributed by atoms with E-state index in [1.807, 2.05) is 0 Å². The molecule has 0 unspecified atom stereocenters. The molecule has 0 N–H and O–H groups in total. The standard InChI is InChI=1S/C23H36NP/c1-14(2)20-12-11-13-21(15(3)4)22(20)24-25(9,10)23-18(7)16(5)17(6)19(23)8/h11-15,23H,1-10H3. The Bertz CT molecular complexity index is 734. The van der Waals surface area contributed by atoms with E-state index < -0.39 is 7.05 Å². The second-order valence-corrected chi connectivity index (χ2v) is 12.4. The van der Waals surface area contributed by atoms with Gasteiger partial charge in [-0.2, -0.15) is 0 Å². The molecule has 1 aliphatic rings. The van der Waals surface area contributed by atoms with Crippen LogP contribution in [0.3, 0.4) is 0 Å². The highest BCUT2D eigenvalue weighted by atomic mass is 31.2. The first-order valence-electron chi connectivity index (χ1n) is 9.53. The summed E-state index contributed by atoms with van der Waals surface area (Å²) >= 11 is 0. The van der Waals surface area contributed by atoms with Crippen LogP contribution < -0.4 is 0 Å². The minimum absolute atomic E-state index is 0.498.